The number of hydrogen-bond acceptors (Lipinski definition) is 5. The van der Waals surface area contributed by atoms with Gasteiger partial charge in [-0.15, -0.1) is 0 Å². The minimum absolute atomic E-state index is 0.0982. The molecule has 5 rings (SSSR count). The summed E-state index contributed by atoms with van der Waals surface area (Å²) in [4.78, 5) is 8.56. The lowest BCUT2D eigenvalue weighted by molar-refractivity contribution is -0.136. The molecular weight excluding hydrogens is 351 g/mol. The normalized spacial score (nSPS) is 13.7. The minimum atomic E-state index is -4.47. The van der Waals surface area contributed by atoms with E-state index in [1.807, 2.05) is 0 Å². The van der Waals surface area contributed by atoms with Crippen LogP contribution in [0.3, 0.4) is 0 Å². The largest absolute Gasteiger partial charge is 0.454 e. The van der Waals surface area contributed by atoms with Gasteiger partial charge in [0.15, 0.2) is 11.5 Å². The summed E-state index contributed by atoms with van der Waals surface area (Å²) < 4.78 is 51.6. The highest BCUT2D eigenvalue weighted by Gasteiger charge is 2.33. The molecular formula is C16H10F3N5O2. The Hall–Kier alpha value is -3.43. The third-order valence-electron chi connectivity index (χ3n) is 4.05. The third-order valence-corrected chi connectivity index (χ3v) is 4.05. The summed E-state index contributed by atoms with van der Waals surface area (Å²) in [7, 11) is 0. The van der Waals surface area contributed by atoms with Gasteiger partial charge in [-0.2, -0.15) is 18.2 Å². The van der Waals surface area contributed by atoms with E-state index in [-0.39, 0.29) is 18.4 Å². The number of fused-ring (bicyclic) bond motifs is 4. The lowest BCUT2D eigenvalue weighted by Crippen LogP contribution is -2.09. The lowest BCUT2D eigenvalue weighted by atomic mass is 10.1. The molecule has 0 fully saturated rings. The number of nitrogens with zero attached hydrogens (tertiary/aromatic N) is 3. The highest BCUT2D eigenvalue weighted by Crippen LogP contribution is 2.37. The summed E-state index contributed by atoms with van der Waals surface area (Å²) in [6, 6.07) is 8.66. The molecule has 7 nitrogen and oxygen atoms in total. The maximum absolute atomic E-state index is 13.1. The van der Waals surface area contributed by atoms with Crippen LogP contribution in [-0.2, 0) is 6.18 Å². The smallest absolute Gasteiger partial charge is 0.418 e. The molecule has 2 N–H and O–H groups in total. The summed E-state index contributed by atoms with van der Waals surface area (Å²) in [6.45, 7) is 0.139. The molecule has 26 heavy (non-hydrogen) atoms. The molecule has 0 aliphatic carbocycles. The standard InChI is InChI=1S/C16H10F3N5O2/c17-16(18,19)8-3-1-2-4-9(8)20-14-22-15-21-10-5-12-13(26-7-25-12)6-11(10)24(15)23-14/h1-6H,7H2,(H2,20,21,22,23). The van der Waals surface area contributed by atoms with Gasteiger partial charge in [0, 0.05) is 12.1 Å². The quantitative estimate of drug-likeness (QED) is 0.569. The van der Waals surface area contributed by atoms with Gasteiger partial charge in [0.2, 0.25) is 12.7 Å². The number of benzene rings is 2. The predicted octanol–water partition coefficient (Wildman–Crippen LogP) is 3.70. The van der Waals surface area contributed by atoms with Gasteiger partial charge in [-0.05, 0) is 12.1 Å². The SMILES string of the molecule is FC(F)(F)c1ccccc1Nc1nc2nc3cc4c(cc3n2[nH]1)OCO4. The number of halogens is 3. The van der Waals surface area contributed by atoms with Gasteiger partial charge in [-0.1, -0.05) is 12.1 Å². The Morgan fingerprint density at radius 1 is 1.08 bits per heavy atom. The Morgan fingerprint density at radius 2 is 1.85 bits per heavy atom. The molecule has 4 aromatic rings. The number of H-pyrrole nitrogens is 1. The summed E-state index contributed by atoms with van der Waals surface area (Å²) in [5.74, 6) is 1.63. The fraction of sp³-hybridized carbons (Fsp3) is 0.125. The highest BCUT2D eigenvalue weighted by atomic mass is 19.4. The number of imidazole rings is 1. The van der Waals surface area contributed by atoms with E-state index in [9.17, 15) is 13.2 Å². The Morgan fingerprint density at radius 3 is 2.65 bits per heavy atom. The van der Waals surface area contributed by atoms with Gasteiger partial charge in [0.1, 0.15) is 0 Å². The molecule has 0 radical (unpaired) electrons. The van der Waals surface area contributed by atoms with E-state index < -0.39 is 11.7 Å². The summed E-state index contributed by atoms with van der Waals surface area (Å²) in [6.07, 6.45) is -4.47. The topological polar surface area (TPSA) is 76.5 Å². The first-order valence-corrected chi connectivity index (χ1v) is 7.60. The second-order valence-electron chi connectivity index (χ2n) is 5.68. The number of aromatic nitrogens is 4. The molecule has 2 aromatic heterocycles. The third kappa shape index (κ3) is 2.22. The molecule has 0 spiro atoms. The monoisotopic (exact) mass is 361 g/mol. The number of nitrogens with one attached hydrogen (secondary N) is 2. The van der Waals surface area contributed by atoms with Crippen molar-refractivity contribution in [3.05, 3.63) is 42.0 Å². The molecule has 0 bridgehead atoms. The van der Waals surface area contributed by atoms with Crippen molar-refractivity contribution in [2.75, 3.05) is 12.1 Å². The predicted molar refractivity (Wildman–Crippen MR) is 85.7 cm³/mol. The van der Waals surface area contributed by atoms with E-state index in [4.69, 9.17) is 9.47 Å². The van der Waals surface area contributed by atoms with Crippen LogP contribution in [0.15, 0.2) is 36.4 Å². The molecule has 3 heterocycles. The zero-order valence-electron chi connectivity index (χ0n) is 13.0. The Bertz CT molecular complexity index is 1150. The van der Waals surface area contributed by atoms with E-state index in [2.05, 4.69) is 20.4 Å². The minimum Gasteiger partial charge on any atom is -0.454 e. The first-order chi connectivity index (χ1) is 12.5. The van der Waals surface area contributed by atoms with Gasteiger partial charge in [0.25, 0.3) is 5.78 Å². The molecule has 0 saturated carbocycles. The fourth-order valence-corrected chi connectivity index (χ4v) is 2.89. The maximum Gasteiger partial charge on any atom is 0.418 e. The van der Waals surface area contributed by atoms with Crippen LogP contribution < -0.4 is 14.8 Å². The van der Waals surface area contributed by atoms with Crippen LogP contribution in [0, 0.1) is 0 Å². The first-order valence-electron chi connectivity index (χ1n) is 7.60. The average molecular weight is 361 g/mol. The van der Waals surface area contributed by atoms with Crippen LogP contribution in [0.2, 0.25) is 0 Å². The molecule has 0 saturated heterocycles. The van der Waals surface area contributed by atoms with Gasteiger partial charge < -0.3 is 14.8 Å². The second kappa shape index (κ2) is 5.04. The van der Waals surface area contributed by atoms with Crippen molar-refractivity contribution in [3.63, 3.8) is 0 Å². The average Bonchev–Trinajstić information content (AvgIpc) is 3.26. The number of ether oxygens (including phenoxy) is 2. The molecule has 132 valence electrons. The fourth-order valence-electron chi connectivity index (χ4n) is 2.89. The first kappa shape index (κ1) is 14.9. The zero-order chi connectivity index (χ0) is 17.9. The number of rotatable bonds is 2. The van der Waals surface area contributed by atoms with Gasteiger partial charge in [-0.3, -0.25) is 5.10 Å². The second-order valence-corrected chi connectivity index (χ2v) is 5.68. The lowest BCUT2D eigenvalue weighted by Gasteiger charge is -2.12. The number of alkyl halides is 3. The van der Waals surface area contributed by atoms with E-state index in [0.717, 1.165) is 6.07 Å². The summed E-state index contributed by atoms with van der Waals surface area (Å²) in [5.41, 5.74) is 0.436. The molecule has 0 atom stereocenters. The number of hydrogen-bond donors (Lipinski definition) is 2. The molecule has 0 unspecified atom stereocenters. The molecule has 10 heteroatoms. The van der Waals surface area contributed by atoms with Crippen molar-refractivity contribution in [1.82, 2.24) is 19.6 Å². The van der Waals surface area contributed by atoms with Crippen molar-refractivity contribution in [1.29, 1.82) is 0 Å². The zero-order valence-corrected chi connectivity index (χ0v) is 13.0. The van der Waals surface area contributed by atoms with Crippen LogP contribution in [0.5, 0.6) is 11.5 Å². The molecule has 0 amide bonds. The highest BCUT2D eigenvalue weighted by molar-refractivity contribution is 5.83. The van der Waals surface area contributed by atoms with Crippen molar-refractivity contribution in [2.45, 2.75) is 6.18 Å². The van der Waals surface area contributed by atoms with Crippen molar-refractivity contribution in [3.8, 4) is 11.5 Å². The number of anilines is 2. The van der Waals surface area contributed by atoms with E-state index in [0.29, 0.717) is 28.3 Å². The molecule has 1 aliphatic heterocycles. The van der Waals surface area contributed by atoms with Crippen molar-refractivity contribution >= 4 is 28.4 Å². The Labute approximate surface area is 143 Å². The van der Waals surface area contributed by atoms with E-state index >= 15 is 0 Å². The molecule has 1 aliphatic rings. The molecule has 2 aromatic carbocycles. The van der Waals surface area contributed by atoms with Crippen LogP contribution in [0.1, 0.15) is 5.56 Å². The van der Waals surface area contributed by atoms with Crippen molar-refractivity contribution in [2.24, 2.45) is 0 Å². The van der Waals surface area contributed by atoms with Gasteiger partial charge in [-0.25, -0.2) is 9.50 Å². The van der Waals surface area contributed by atoms with E-state index in [1.54, 1.807) is 16.6 Å². The maximum atomic E-state index is 13.1. The number of aromatic amines is 1. The van der Waals surface area contributed by atoms with Crippen molar-refractivity contribution < 1.29 is 22.6 Å². The van der Waals surface area contributed by atoms with Crippen LogP contribution in [0.25, 0.3) is 16.8 Å². The Balaban J connectivity index is 1.57. The van der Waals surface area contributed by atoms with E-state index in [1.165, 1.54) is 18.2 Å². The summed E-state index contributed by atoms with van der Waals surface area (Å²) in [5, 5.41) is 5.57. The summed E-state index contributed by atoms with van der Waals surface area (Å²) >= 11 is 0. The van der Waals surface area contributed by atoms with Crippen LogP contribution in [-0.4, -0.2) is 26.4 Å². The van der Waals surface area contributed by atoms with Gasteiger partial charge in [0.05, 0.1) is 22.3 Å². The van der Waals surface area contributed by atoms with Crippen LogP contribution in [0.4, 0.5) is 24.8 Å². The number of para-hydroxylation sites is 1. The Kier molecular flexibility index (Phi) is 2.88. The van der Waals surface area contributed by atoms with Crippen LogP contribution >= 0.6 is 0 Å². The van der Waals surface area contributed by atoms with Gasteiger partial charge >= 0.3 is 6.18 Å².